The lowest BCUT2D eigenvalue weighted by atomic mass is 9.74. The van der Waals surface area contributed by atoms with Crippen LogP contribution in [0.5, 0.6) is 5.75 Å². The molecule has 2 aromatic rings. The maximum Gasteiger partial charge on any atom is 0.311 e. The first-order chi connectivity index (χ1) is 18.5. The van der Waals surface area contributed by atoms with Crippen molar-refractivity contribution < 1.29 is 24.2 Å². The fraction of sp³-hybridized carbons (Fsp3) is 0.625. The molecule has 1 aliphatic heterocycles. The monoisotopic (exact) mass is 555 g/mol. The average Bonchev–Trinajstić information content (AvgIpc) is 3.20. The maximum absolute atomic E-state index is 13.3. The number of aryl methyl sites for hydroxylation is 4. The fourth-order valence-corrected chi connectivity index (χ4v) is 7.28. The molecule has 1 aromatic carbocycles. The topological polar surface area (TPSA) is 76.1 Å². The number of likely N-dealkylation sites (tertiary alicyclic amines) is 1. The molecule has 1 saturated heterocycles. The lowest BCUT2D eigenvalue weighted by Gasteiger charge is -2.38. The van der Waals surface area contributed by atoms with Crippen LogP contribution in [0.4, 0.5) is 0 Å². The first kappa shape index (κ1) is 29.8. The van der Waals surface area contributed by atoms with Crippen LogP contribution in [0.2, 0.25) is 0 Å². The third kappa shape index (κ3) is 7.11. The molecule has 2 heterocycles. The minimum Gasteiger partial charge on any atom is -0.490 e. The second-order valence-electron chi connectivity index (χ2n) is 12.1. The van der Waals surface area contributed by atoms with Crippen LogP contribution in [0, 0.1) is 25.2 Å². The average molecular weight is 556 g/mol. The number of Topliss-reactive ketones (excluding diaryl/α,β-unsaturated/α-hetero) is 1. The molecule has 214 valence electrons. The van der Waals surface area contributed by atoms with Gasteiger partial charge in [-0.3, -0.25) is 14.5 Å². The molecule has 0 radical (unpaired) electrons. The Morgan fingerprint density at radius 2 is 1.85 bits per heavy atom. The number of carbonyl (C=O) groups excluding carboxylic acids is 2. The number of hydrogen-bond donors (Lipinski definition) is 1. The number of benzene rings is 1. The summed E-state index contributed by atoms with van der Waals surface area (Å²) in [7, 11) is 0. The van der Waals surface area contributed by atoms with Gasteiger partial charge in [0, 0.05) is 30.9 Å². The molecule has 0 saturated carbocycles. The predicted octanol–water partition coefficient (Wildman–Crippen LogP) is 5.49. The predicted molar refractivity (Wildman–Crippen MR) is 156 cm³/mol. The van der Waals surface area contributed by atoms with Gasteiger partial charge in [-0.2, -0.15) is 0 Å². The lowest BCUT2D eigenvalue weighted by Crippen LogP contribution is -2.53. The van der Waals surface area contributed by atoms with E-state index < -0.39 is 6.10 Å². The zero-order valence-electron chi connectivity index (χ0n) is 24.5. The Bertz CT molecular complexity index is 1170. The highest BCUT2D eigenvalue weighted by atomic mass is 32.1. The minimum atomic E-state index is -0.639. The minimum absolute atomic E-state index is 0.0898. The summed E-state index contributed by atoms with van der Waals surface area (Å²) in [5.74, 6) is 0.815. The SMILES string of the molecule is CCOC(=O)C1CN(CC(O)COc2c(C)cc(CCC(=O)c3sc(CC)c4c3CCC(C)(C)C4)cc2C)C1. The van der Waals surface area contributed by atoms with Crippen molar-refractivity contribution in [3.8, 4) is 5.75 Å². The van der Waals surface area contributed by atoms with Gasteiger partial charge >= 0.3 is 5.97 Å². The Morgan fingerprint density at radius 3 is 2.49 bits per heavy atom. The molecular formula is C32H45NO5S. The molecule has 2 aliphatic rings. The van der Waals surface area contributed by atoms with E-state index in [9.17, 15) is 14.7 Å². The van der Waals surface area contributed by atoms with Crippen LogP contribution < -0.4 is 4.74 Å². The van der Waals surface area contributed by atoms with Crippen molar-refractivity contribution >= 4 is 23.1 Å². The summed E-state index contributed by atoms with van der Waals surface area (Å²) in [5, 5.41) is 10.5. The molecule has 1 atom stereocenters. The number of β-amino-alcohol motifs (C(OH)–C–C–N with tert-alkyl or cyclic N) is 1. The lowest BCUT2D eigenvalue weighted by molar-refractivity contribution is -0.154. The van der Waals surface area contributed by atoms with Gasteiger partial charge in [-0.25, -0.2) is 0 Å². The second kappa shape index (κ2) is 12.5. The highest BCUT2D eigenvalue weighted by molar-refractivity contribution is 7.14. The molecule has 1 fully saturated rings. The third-order valence-corrected chi connectivity index (χ3v) is 9.57. The summed E-state index contributed by atoms with van der Waals surface area (Å²) in [6, 6.07) is 4.20. The smallest absolute Gasteiger partial charge is 0.311 e. The van der Waals surface area contributed by atoms with Crippen molar-refractivity contribution in [2.45, 2.75) is 86.2 Å². The number of rotatable bonds is 12. The van der Waals surface area contributed by atoms with Crippen LogP contribution in [0.1, 0.15) is 82.9 Å². The number of aliphatic hydroxyl groups is 1. The van der Waals surface area contributed by atoms with E-state index >= 15 is 0 Å². The zero-order chi connectivity index (χ0) is 28.3. The van der Waals surface area contributed by atoms with Crippen molar-refractivity contribution in [3.63, 3.8) is 0 Å². The van der Waals surface area contributed by atoms with Crippen LogP contribution in [0.15, 0.2) is 12.1 Å². The standard InChI is InChI=1S/C32H45NO5S/c1-7-28-26-15-32(5,6)12-11-25(26)30(39-28)27(35)10-9-22-13-20(3)29(21(4)14-22)38-19-24(34)18-33-16-23(17-33)31(36)37-8-2/h13-14,23-24,34H,7-12,15-19H2,1-6H3. The fourth-order valence-electron chi connectivity index (χ4n) is 6.00. The molecule has 39 heavy (non-hydrogen) atoms. The summed E-state index contributed by atoms with van der Waals surface area (Å²) in [4.78, 5) is 29.5. The van der Waals surface area contributed by atoms with E-state index in [1.54, 1.807) is 11.3 Å². The normalized spacial score (nSPS) is 17.8. The number of esters is 1. The summed E-state index contributed by atoms with van der Waals surface area (Å²) in [5.41, 5.74) is 6.25. The first-order valence-electron chi connectivity index (χ1n) is 14.5. The molecule has 1 unspecified atom stereocenters. The first-order valence-corrected chi connectivity index (χ1v) is 15.3. The van der Waals surface area contributed by atoms with Crippen molar-refractivity contribution in [1.82, 2.24) is 4.90 Å². The van der Waals surface area contributed by atoms with Crippen LogP contribution in [-0.2, 0) is 35.2 Å². The molecule has 4 rings (SSSR count). The molecule has 0 bridgehead atoms. The van der Waals surface area contributed by atoms with Gasteiger partial charge in [0.1, 0.15) is 18.5 Å². The molecule has 1 N–H and O–H groups in total. The number of carbonyl (C=O) groups is 2. The van der Waals surface area contributed by atoms with Crippen LogP contribution >= 0.6 is 11.3 Å². The summed E-state index contributed by atoms with van der Waals surface area (Å²) in [6.45, 7) is 15.0. The number of aliphatic hydroxyl groups excluding tert-OH is 1. The van der Waals surface area contributed by atoms with Gasteiger partial charge in [-0.15, -0.1) is 11.3 Å². The van der Waals surface area contributed by atoms with E-state index in [1.807, 2.05) is 25.7 Å². The largest absolute Gasteiger partial charge is 0.490 e. The Morgan fingerprint density at radius 1 is 1.15 bits per heavy atom. The number of nitrogens with zero attached hydrogens (tertiary/aromatic N) is 1. The van der Waals surface area contributed by atoms with E-state index in [0.29, 0.717) is 44.5 Å². The van der Waals surface area contributed by atoms with Gasteiger partial charge in [0.25, 0.3) is 0 Å². The van der Waals surface area contributed by atoms with Gasteiger partial charge in [0.05, 0.1) is 17.4 Å². The van der Waals surface area contributed by atoms with Crippen molar-refractivity contribution in [3.05, 3.63) is 49.7 Å². The van der Waals surface area contributed by atoms with Crippen molar-refractivity contribution in [2.75, 3.05) is 32.8 Å². The zero-order valence-corrected chi connectivity index (χ0v) is 25.3. The van der Waals surface area contributed by atoms with E-state index in [4.69, 9.17) is 9.47 Å². The molecule has 1 aliphatic carbocycles. The molecule has 7 heteroatoms. The summed E-state index contributed by atoms with van der Waals surface area (Å²) >= 11 is 1.73. The van der Waals surface area contributed by atoms with Gasteiger partial charge in [0.2, 0.25) is 0 Å². The van der Waals surface area contributed by atoms with Crippen LogP contribution in [-0.4, -0.2) is 60.7 Å². The number of thiophene rings is 1. The van der Waals surface area contributed by atoms with Crippen molar-refractivity contribution in [1.29, 1.82) is 0 Å². The molecule has 6 nitrogen and oxygen atoms in total. The summed E-state index contributed by atoms with van der Waals surface area (Å²) in [6.07, 6.45) is 4.81. The molecule has 0 amide bonds. The number of ketones is 1. The van der Waals surface area contributed by atoms with Crippen molar-refractivity contribution in [2.24, 2.45) is 11.3 Å². The Kier molecular flexibility index (Phi) is 9.56. The van der Waals surface area contributed by atoms with E-state index in [0.717, 1.165) is 53.0 Å². The highest BCUT2D eigenvalue weighted by Crippen LogP contribution is 2.42. The van der Waals surface area contributed by atoms with Gasteiger partial charge in [0.15, 0.2) is 5.78 Å². The van der Waals surface area contributed by atoms with Gasteiger partial charge in [-0.05, 0) is 86.1 Å². The third-order valence-electron chi connectivity index (χ3n) is 8.11. The quantitative estimate of drug-likeness (QED) is 0.276. The Labute approximate surface area is 237 Å². The molecular weight excluding hydrogens is 510 g/mol. The number of ether oxygens (including phenoxy) is 2. The van der Waals surface area contributed by atoms with E-state index in [-0.39, 0.29) is 24.3 Å². The Hall–Kier alpha value is -2.22. The number of hydrogen-bond acceptors (Lipinski definition) is 7. The van der Waals surface area contributed by atoms with E-state index in [2.05, 4.69) is 32.9 Å². The maximum atomic E-state index is 13.3. The molecule has 0 spiro atoms. The van der Waals surface area contributed by atoms with E-state index in [1.165, 1.54) is 16.0 Å². The van der Waals surface area contributed by atoms with Gasteiger partial charge in [-0.1, -0.05) is 32.9 Å². The van der Waals surface area contributed by atoms with Gasteiger partial charge < -0.3 is 14.6 Å². The molecule has 1 aromatic heterocycles. The van der Waals surface area contributed by atoms with Crippen LogP contribution in [0.25, 0.3) is 0 Å². The van der Waals surface area contributed by atoms with Crippen LogP contribution in [0.3, 0.4) is 0 Å². The second-order valence-corrected chi connectivity index (χ2v) is 13.2. The highest BCUT2D eigenvalue weighted by Gasteiger charge is 2.35. The summed E-state index contributed by atoms with van der Waals surface area (Å²) < 4.78 is 11.1. The number of fused-ring (bicyclic) bond motifs is 1. The Balaban J connectivity index is 1.30.